The maximum absolute atomic E-state index is 13.2. The Morgan fingerprint density at radius 1 is 1.07 bits per heavy atom. The first-order chi connectivity index (χ1) is 14.0. The summed E-state index contributed by atoms with van der Waals surface area (Å²) in [4.78, 5) is 30.1. The van der Waals surface area contributed by atoms with Crippen LogP contribution < -0.4 is 9.47 Å². The van der Waals surface area contributed by atoms with Crippen LogP contribution in [0.15, 0.2) is 35.7 Å². The standard InChI is InChI=1S/C22H28N2O4S/c1-4-21(25)23(11-16(2)3)14-22(26)24(13-18-6-5-9-29-18)12-17-7-8-19-20(10-17)28-15-27-19/h5-10,16H,4,11-15H2,1-3H3. The van der Waals surface area contributed by atoms with E-state index in [0.717, 1.165) is 16.2 Å². The SMILES string of the molecule is CCC(=O)N(CC(=O)N(Cc1ccc2c(c1)OCO2)Cc1cccs1)CC(C)C. The fourth-order valence-electron chi connectivity index (χ4n) is 3.26. The number of benzene rings is 1. The molecule has 156 valence electrons. The van der Waals surface area contributed by atoms with Gasteiger partial charge in [0.15, 0.2) is 11.5 Å². The van der Waals surface area contributed by atoms with Gasteiger partial charge in [0, 0.05) is 24.4 Å². The molecule has 0 aliphatic carbocycles. The molecule has 2 aromatic rings. The lowest BCUT2D eigenvalue weighted by Gasteiger charge is -2.28. The first kappa shape index (κ1) is 21.2. The Morgan fingerprint density at radius 3 is 2.55 bits per heavy atom. The predicted octanol–water partition coefficient (Wildman–Crippen LogP) is 3.90. The fraction of sp³-hybridized carbons (Fsp3) is 0.455. The molecule has 0 N–H and O–H groups in total. The third-order valence-electron chi connectivity index (χ3n) is 4.66. The molecule has 0 radical (unpaired) electrons. The van der Waals surface area contributed by atoms with Crippen molar-refractivity contribution in [2.75, 3.05) is 19.9 Å². The van der Waals surface area contributed by atoms with Crippen LogP contribution in [0.1, 0.15) is 37.6 Å². The topological polar surface area (TPSA) is 59.1 Å². The van der Waals surface area contributed by atoms with Crippen LogP contribution in [0.2, 0.25) is 0 Å². The van der Waals surface area contributed by atoms with Crippen molar-refractivity contribution in [3.05, 3.63) is 46.2 Å². The molecule has 29 heavy (non-hydrogen) atoms. The van der Waals surface area contributed by atoms with Crippen LogP contribution in [0.25, 0.3) is 0 Å². The zero-order valence-electron chi connectivity index (χ0n) is 17.2. The summed E-state index contributed by atoms with van der Waals surface area (Å²) in [5.41, 5.74) is 0.969. The van der Waals surface area contributed by atoms with E-state index in [9.17, 15) is 9.59 Å². The van der Waals surface area contributed by atoms with Gasteiger partial charge in [-0.15, -0.1) is 11.3 Å². The molecular formula is C22H28N2O4S. The van der Waals surface area contributed by atoms with Crippen LogP contribution in [0.5, 0.6) is 11.5 Å². The highest BCUT2D eigenvalue weighted by molar-refractivity contribution is 7.09. The first-order valence-corrected chi connectivity index (χ1v) is 10.8. The predicted molar refractivity (Wildman–Crippen MR) is 113 cm³/mol. The minimum Gasteiger partial charge on any atom is -0.454 e. The average Bonchev–Trinajstić information content (AvgIpc) is 3.37. The summed E-state index contributed by atoms with van der Waals surface area (Å²) in [7, 11) is 0. The van der Waals surface area contributed by atoms with Crippen molar-refractivity contribution in [3.8, 4) is 11.5 Å². The number of amides is 2. The second-order valence-corrected chi connectivity index (χ2v) is 8.57. The lowest BCUT2D eigenvalue weighted by molar-refractivity contribution is -0.141. The Balaban J connectivity index is 1.76. The van der Waals surface area contributed by atoms with Gasteiger partial charge in [0.05, 0.1) is 13.1 Å². The molecule has 1 aromatic carbocycles. The highest BCUT2D eigenvalue weighted by Gasteiger charge is 2.23. The third kappa shape index (κ3) is 5.73. The Labute approximate surface area is 176 Å². The van der Waals surface area contributed by atoms with E-state index in [1.165, 1.54) is 0 Å². The molecular weight excluding hydrogens is 388 g/mol. The molecule has 0 unspecified atom stereocenters. The molecule has 0 saturated heterocycles. The van der Waals surface area contributed by atoms with Gasteiger partial charge in [0.1, 0.15) is 0 Å². The van der Waals surface area contributed by atoms with Gasteiger partial charge in [0.2, 0.25) is 18.6 Å². The summed E-state index contributed by atoms with van der Waals surface area (Å²) in [6, 6.07) is 9.74. The average molecular weight is 417 g/mol. The second-order valence-electron chi connectivity index (χ2n) is 7.54. The molecule has 2 amide bonds. The molecule has 1 aliphatic rings. The van der Waals surface area contributed by atoms with Crippen molar-refractivity contribution in [2.24, 2.45) is 5.92 Å². The highest BCUT2D eigenvalue weighted by atomic mass is 32.1. The smallest absolute Gasteiger partial charge is 0.242 e. The molecule has 6 nitrogen and oxygen atoms in total. The van der Waals surface area contributed by atoms with Gasteiger partial charge < -0.3 is 19.3 Å². The summed E-state index contributed by atoms with van der Waals surface area (Å²) >= 11 is 1.62. The second kappa shape index (κ2) is 9.78. The van der Waals surface area contributed by atoms with Gasteiger partial charge in [0.25, 0.3) is 0 Å². The van der Waals surface area contributed by atoms with Gasteiger partial charge >= 0.3 is 0 Å². The van der Waals surface area contributed by atoms with E-state index in [1.54, 1.807) is 21.1 Å². The Bertz CT molecular complexity index is 835. The molecule has 7 heteroatoms. The number of fused-ring (bicyclic) bond motifs is 1. The molecule has 3 rings (SSSR count). The van der Waals surface area contributed by atoms with Crippen LogP contribution in [0, 0.1) is 5.92 Å². The number of carbonyl (C=O) groups is 2. The number of rotatable bonds is 9. The number of carbonyl (C=O) groups excluding carboxylic acids is 2. The summed E-state index contributed by atoms with van der Waals surface area (Å²) in [6.45, 7) is 7.79. The van der Waals surface area contributed by atoms with Crippen LogP contribution in [-0.4, -0.2) is 41.5 Å². The van der Waals surface area contributed by atoms with Crippen molar-refractivity contribution in [2.45, 2.75) is 40.3 Å². The molecule has 1 aliphatic heterocycles. The minimum absolute atomic E-state index is 0.00574. The number of ether oxygens (including phenoxy) is 2. The van der Waals surface area contributed by atoms with Crippen molar-refractivity contribution in [1.82, 2.24) is 9.80 Å². The Kier molecular flexibility index (Phi) is 7.14. The zero-order valence-corrected chi connectivity index (χ0v) is 18.0. The highest BCUT2D eigenvalue weighted by Crippen LogP contribution is 2.33. The molecule has 0 saturated carbocycles. The van der Waals surface area contributed by atoms with E-state index < -0.39 is 0 Å². The minimum atomic E-state index is -0.0569. The Morgan fingerprint density at radius 2 is 1.86 bits per heavy atom. The number of nitrogens with zero attached hydrogens (tertiary/aromatic N) is 2. The number of hydrogen-bond acceptors (Lipinski definition) is 5. The van der Waals surface area contributed by atoms with E-state index in [4.69, 9.17) is 9.47 Å². The normalized spacial score (nSPS) is 12.3. The van der Waals surface area contributed by atoms with Crippen LogP contribution in [0.4, 0.5) is 0 Å². The monoisotopic (exact) mass is 416 g/mol. The van der Waals surface area contributed by atoms with Crippen molar-refractivity contribution >= 4 is 23.2 Å². The lowest BCUT2D eigenvalue weighted by atomic mass is 10.1. The van der Waals surface area contributed by atoms with Crippen LogP contribution in [-0.2, 0) is 22.7 Å². The first-order valence-electron chi connectivity index (χ1n) is 9.92. The summed E-state index contributed by atoms with van der Waals surface area (Å²) in [6.07, 6.45) is 0.396. The summed E-state index contributed by atoms with van der Waals surface area (Å²) < 4.78 is 10.8. The zero-order chi connectivity index (χ0) is 20.8. The van der Waals surface area contributed by atoms with E-state index in [1.807, 2.05) is 42.6 Å². The molecule has 0 spiro atoms. The molecule has 2 heterocycles. The maximum Gasteiger partial charge on any atom is 0.242 e. The van der Waals surface area contributed by atoms with Crippen molar-refractivity contribution in [1.29, 1.82) is 0 Å². The van der Waals surface area contributed by atoms with Crippen molar-refractivity contribution in [3.63, 3.8) is 0 Å². The summed E-state index contributed by atoms with van der Waals surface area (Å²) in [5.74, 6) is 1.68. The van der Waals surface area contributed by atoms with E-state index >= 15 is 0 Å². The quantitative estimate of drug-likeness (QED) is 0.622. The van der Waals surface area contributed by atoms with Gasteiger partial charge in [-0.05, 0) is 35.1 Å². The van der Waals surface area contributed by atoms with Crippen molar-refractivity contribution < 1.29 is 19.1 Å². The Hall–Kier alpha value is -2.54. The number of hydrogen-bond donors (Lipinski definition) is 0. The van der Waals surface area contributed by atoms with E-state index in [0.29, 0.717) is 37.7 Å². The van der Waals surface area contributed by atoms with Gasteiger partial charge in [-0.3, -0.25) is 9.59 Å². The van der Waals surface area contributed by atoms with Gasteiger partial charge in [-0.1, -0.05) is 32.9 Å². The fourth-order valence-corrected chi connectivity index (χ4v) is 3.98. The molecule has 1 aromatic heterocycles. The summed E-state index contributed by atoms with van der Waals surface area (Å²) in [5, 5.41) is 2.00. The van der Waals surface area contributed by atoms with Crippen LogP contribution in [0.3, 0.4) is 0 Å². The molecule has 0 bridgehead atoms. The maximum atomic E-state index is 13.2. The van der Waals surface area contributed by atoms with E-state index in [2.05, 4.69) is 13.8 Å². The van der Waals surface area contributed by atoms with Gasteiger partial charge in [-0.2, -0.15) is 0 Å². The lowest BCUT2D eigenvalue weighted by Crippen LogP contribution is -2.43. The molecule has 0 fully saturated rings. The number of thiophene rings is 1. The van der Waals surface area contributed by atoms with E-state index in [-0.39, 0.29) is 25.2 Å². The van der Waals surface area contributed by atoms with Crippen LogP contribution >= 0.6 is 11.3 Å². The third-order valence-corrected chi connectivity index (χ3v) is 5.52. The van der Waals surface area contributed by atoms with Gasteiger partial charge in [-0.25, -0.2) is 0 Å². The molecule has 0 atom stereocenters. The largest absolute Gasteiger partial charge is 0.454 e.